The van der Waals surface area contributed by atoms with E-state index in [1.165, 1.54) is 17.0 Å². The number of aryl methyl sites for hydroxylation is 1. The summed E-state index contributed by atoms with van der Waals surface area (Å²) in [7, 11) is 0.650. The third kappa shape index (κ3) is 4.13. The van der Waals surface area contributed by atoms with Gasteiger partial charge in [-0.05, 0) is 19.1 Å². The number of nitrogens with one attached hydrogen (secondary N) is 1. The van der Waals surface area contributed by atoms with Crippen LogP contribution in [0.3, 0.4) is 0 Å². The number of amides is 1. The predicted molar refractivity (Wildman–Crippen MR) is 52.9 cm³/mol. The number of hydrogen-bond donors (Lipinski definition) is 1. The minimum atomic E-state index is -4.13. The van der Waals surface area contributed by atoms with Crippen molar-refractivity contribution in [2.24, 2.45) is 0 Å². The summed E-state index contributed by atoms with van der Waals surface area (Å²) >= 11 is 0. The molecular formula is C7H7ClN2O4S. The number of rotatable bonds is 2. The molecule has 1 N–H and O–H groups in total. The quantitative estimate of drug-likeness (QED) is 0.791. The van der Waals surface area contributed by atoms with Gasteiger partial charge >= 0.3 is 15.3 Å². The first kappa shape index (κ1) is 11.7. The number of nitrogens with zero attached hydrogens (tertiary/aromatic N) is 1. The second-order valence-electron chi connectivity index (χ2n) is 2.52. The highest BCUT2D eigenvalue weighted by atomic mass is 35.7. The first-order valence-corrected chi connectivity index (χ1v) is 6.05. The fourth-order valence-corrected chi connectivity index (χ4v) is 1.23. The van der Waals surface area contributed by atoms with Gasteiger partial charge in [0.15, 0.2) is 5.75 Å². The Morgan fingerprint density at radius 1 is 1.60 bits per heavy atom. The molecule has 0 bridgehead atoms. The Labute approximate surface area is 90.8 Å². The van der Waals surface area contributed by atoms with E-state index in [9.17, 15) is 13.2 Å². The fourth-order valence-electron chi connectivity index (χ4n) is 0.798. The van der Waals surface area contributed by atoms with Gasteiger partial charge in [-0.1, -0.05) is 0 Å². The van der Waals surface area contributed by atoms with Crippen molar-refractivity contribution in [1.82, 2.24) is 9.71 Å². The summed E-state index contributed by atoms with van der Waals surface area (Å²) in [5.74, 6) is 0.162. The first-order chi connectivity index (χ1) is 6.88. The number of halogens is 1. The van der Waals surface area contributed by atoms with Crippen LogP contribution in [0.1, 0.15) is 5.69 Å². The van der Waals surface area contributed by atoms with Crippen LogP contribution >= 0.6 is 10.7 Å². The maximum absolute atomic E-state index is 11.0. The number of hydrogen-bond acceptors (Lipinski definition) is 5. The predicted octanol–water partition coefficient (Wildman–Crippen LogP) is 0.962. The van der Waals surface area contributed by atoms with Crippen molar-refractivity contribution in [3.63, 3.8) is 0 Å². The summed E-state index contributed by atoms with van der Waals surface area (Å²) < 4.78 is 27.0. The topological polar surface area (TPSA) is 85.4 Å². The van der Waals surface area contributed by atoms with E-state index in [1.54, 1.807) is 13.0 Å². The number of ether oxygens (including phenoxy) is 1. The van der Waals surface area contributed by atoms with Crippen molar-refractivity contribution in [3.8, 4) is 5.75 Å². The van der Waals surface area contributed by atoms with E-state index in [0.29, 0.717) is 5.69 Å². The third-order valence-corrected chi connectivity index (χ3v) is 2.01. The Kier molecular flexibility index (Phi) is 3.48. The van der Waals surface area contributed by atoms with Crippen molar-refractivity contribution in [1.29, 1.82) is 0 Å². The lowest BCUT2D eigenvalue weighted by Crippen LogP contribution is -2.29. The average molecular weight is 251 g/mol. The monoisotopic (exact) mass is 250 g/mol. The summed E-state index contributed by atoms with van der Waals surface area (Å²) in [5.41, 5.74) is 0.458. The molecule has 0 aliphatic carbocycles. The van der Waals surface area contributed by atoms with Gasteiger partial charge in [-0.2, -0.15) is 8.42 Å². The average Bonchev–Trinajstić information content (AvgIpc) is 2.05. The smallest absolute Gasteiger partial charge is 0.408 e. The van der Waals surface area contributed by atoms with Crippen LogP contribution in [0.25, 0.3) is 0 Å². The van der Waals surface area contributed by atoms with Gasteiger partial charge in [-0.25, -0.2) is 9.52 Å². The molecule has 0 unspecified atom stereocenters. The molecule has 1 rings (SSSR count). The molecule has 0 saturated heterocycles. The molecule has 15 heavy (non-hydrogen) atoms. The number of carbonyl (C=O) groups excluding carboxylic acids is 1. The Morgan fingerprint density at radius 2 is 2.27 bits per heavy atom. The van der Waals surface area contributed by atoms with Crippen molar-refractivity contribution in [2.75, 3.05) is 0 Å². The van der Waals surface area contributed by atoms with Crippen LogP contribution in [-0.4, -0.2) is 19.5 Å². The molecule has 6 nitrogen and oxygen atoms in total. The molecule has 0 atom stereocenters. The van der Waals surface area contributed by atoms with Crippen LogP contribution in [-0.2, 0) is 9.24 Å². The molecule has 0 radical (unpaired) electrons. The van der Waals surface area contributed by atoms with Gasteiger partial charge in [0.25, 0.3) is 0 Å². The SMILES string of the molecule is Cc1ncccc1OC(=O)NS(=O)(=O)Cl. The molecule has 0 aliphatic heterocycles. The highest BCUT2D eigenvalue weighted by Crippen LogP contribution is 2.13. The van der Waals surface area contributed by atoms with Crippen molar-refractivity contribution < 1.29 is 17.9 Å². The maximum atomic E-state index is 11.0. The molecule has 0 aromatic carbocycles. The Morgan fingerprint density at radius 3 is 2.80 bits per heavy atom. The normalized spacial score (nSPS) is 10.8. The fraction of sp³-hybridized carbons (Fsp3) is 0.143. The summed E-state index contributed by atoms with van der Waals surface area (Å²) in [4.78, 5) is 14.8. The van der Waals surface area contributed by atoms with E-state index in [0.717, 1.165) is 0 Å². The van der Waals surface area contributed by atoms with Crippen molar-refractivity contribution in [3.05, 3.63) is 24.0 Å². The number of pyridine rings is 1. The molecule has 1 aromatic heterocycles. The molecule has 1 heterocycles. The zero-order valence-corrected chi connectivity index (χ0v) is 9.17. The standard InChI is InChI=1S/C7H7ClN2O4S/c1-5-6(3-2-4-9-5)14-7(11)10-15(8,12)13/h2-4H,1H3,(H,10,11). The van der Waals surface area contributed by atoms with Crippen molar-refractivity contribution in [2.45, 2.75) is 6.92 Å². The number of carbonyl (C=O) groups is 1. The van der Waals surface area contributed by atoms with E-state index in [2.05, 4.69) is 9.72 Å². The highest BCUT2D eigenvalue weighted by molar-refractivity contribution is 8.12. The molecule has 0 spiro atoms. The lowest BCUT2D eigenvalue weighted by atomic mass is 10.3. The molecule has 0 fully saturated rings. The second kappa shape index (κ2) is 4.45. The van der Waals surface area contributed by atoms with Gasteiger partial charge in [-0.3, -0.25) is 4.98 Å². The van der Waals surface area contributed by atoms with E-state index in [-0.39, 0.29) is 5.75 Å². The second-order valence-corrected chi connectivity index (χ2v) is 4.82. The van der Waals surface area contributed by atoms with Crippen LogP contribution < -0.4 is 9.46 Å². The van der Waals surface area contributed by atoms with E-state index in [4.69, 9.17) is 10.7 Å². The van der Waals surface area contributed by atoms with Gasteiger partial charge in [0.05, 0.1) is 5.69 Å². The zero-order chi connectivity index (χ0) is 11.5. The van der Waals surface area contributed by atoms with Crippen LogP contribution in [0.5, 0.6) is 5.75 Å². The maximum Gasteiger partial charge on any atom is 0.427 e. The highest BCUT2D eigenvalue weighted by Gasteiger charge is 2.13. The molecular weight excluding hydrogens is 244 g/mol. The van der Waals surface area contributed by atoms with Crippen molar-refractivity contribution >= 4 is 26.0 Å². The molecule has 1 aromatic rings. The molecule has 0 aliphatic rings. The van der Waals surface area contributed by atoms with E-state index < -0.39 is 15.3 Å². The first-order valence-electron chi connectivity index (χ1n) is 3.74. The third-order valence-electron chi connectivity index (χ3n) is 1.37. The molecule has 0 saturated carbocycles. The van der Waals surface area contributed by atoms with Gasteiger partial charge in [0, 0.05) is 16.9 Å². The van der Waals surface area contributed by atoms with Gasteiger partial charge in [-0.15, -0.1) is 0 Å². The van der Waals surface area contributed by atoms with E-state index in [1.807, 2.05) is 0 Å². The molecule has 8 heteroatoms. The summed E-state index contributed by atoms with van der Waals surface area (Å²) in [6.45, 7) is 1.61. The number of aromatic nitrogens is 1. The van der Waals surface area contributed by atoms with Crippen LogP contribution in [0, 0.1) is 6.92 Å². The lowest BCUT2D eigenvalue weighted by Gasteiger charge is -2.05. The molecule has 1 amide bonds. The minimum absolute atomic E-state index is 0.162. The van der Waals surface area contributed by atoms with Crippen LogP contribution in [0.15, 0.2) is 18.3 Å². The zero-order valence-electron chi connectivity index (χ0n) is 7.60. The largest absolute Gasteiger partial charge is 0.427 e. The lowest BCUT2D eigenvalue weighted by molar-refractivity contribution is 0.206. The van der Waals surface area contributed by atoms with Crippen LogP contribution in [0.2, 0.25) is 0 Å². The van der Waals surface area contributed by atoms with E-state index >= 15 is 0 Å². The Balaban J connectivity index is 2.72. The van der Waals surface area contributed by atoms with Crippen LogP contribution in [0.4, 0.5) is 4.79 Å². The Bertz CT molecular complexity index is 474. The molecule has 82 valence electrons. The van der Waals surface area contributed by atoms with Gasteiger partial charge in [0.2, 0.25) is 0 Å². The summed E-state index contributed by atoms with van der Waals surface area (Å²) in [6.07, 6.45) is 0.333. The Hall–Kier alpha value is -1.34. The minimum Gasteiger partial charge on any atom is -0.408 e. The van der Waals surface area contributed by atoms with Gasteiger partial charge in [0.1, 0.15) is 0 Å². The summed E-state index contributed by atoms with van der Waals surface area (Å²) in [6, 6.07) is 3.02. The summed E-state index contributed by atoms with van der Waals surface area (Å²) in [5, 5.41) is 0. The van der Waals surface area contributed by atoms with Gasteiger partial charge < -0.3 is 4.74 Å².